The number of benzene rings is 1. The van der Waals surface area contributed by atoms with Crippen LogP contribution in [0.3, 0.4) is 0 Å². The molecule has 1 fully saturated rings. The minimum Gasteiger partial charge on any atom is -0.317 e. The van der Waals surface area contributed by atoms with Crippen molar-refractivity contribution in [2.45, 2.75) is 19.8 Å². The lowest BCUT2D eigenvalue weighted by molar-refractivity contribution is 0.402. The first-order valence-electron chi connectivity index (χ1n) is 6.44. The van der Waals surface area contributed by atoms with Crippen LogP contribution in [0, 0.1) is 12.8 Å². The lowest BCUT2D eigenvalue weighted by Gasteiger charge is -2.22. The molecule has 106 valence electrons. The van der Waals surface area contributed by atoms with Crippen LogP contribution in [-0.2, 0) is 10.0 Å². The highest BCUT2D eigenvalue weighted by Gasteiger charge is 2.21. The largest absolute Gasteiger partial charge is 0.317 e. The Balaban J connectivity index is 2.06. The first-order valence-corrected chi connectivity index (χ1v) is 8.89. The molecule has 2 N–H and O–H groups in total. The highest BCUT2D eigenvalue weighted by molar-refractivity contribution is 9.10. The van der Waals surface area contributed by atoms with Gasteiger partial charge in [-0.3, -0.25) is 4.72 Å². The molecular formula is C13H19BrN2O2S. The van der Waals surface area contributed by atoms with E-state index in [0.29, 0.717) is 5.69 Å². The molecule has 0 atom stereocenters. The molecular weight excluding hydrogens is 328 g/mol. The quantitative estimate of drug-likeness (QED) is 0.880. The van der Waals surface area contributed by atoms with Crippen LogP contribution in [-0.4, -0.2) is 27.3 Å². The van der Waals surface area contributed by atoms with Gasteiger partial charge in [0.1, 0.15) is 0 Å². The average Bonchev–Trinajstić information content (AvgIpc) is 2.35. The molecule has 19 heavy (non-hydrogen) atoms. The molecule has 2 rings (SSSR count). The summed E-state index contributed by atoms with van der Waals surface area (Å²) in [5.41, 5.74) is 1.57. The van der Waals surface area contributed by atoms with Crippen LogP contribution in [0.2, 0.25) is 0 Å². The van der Waals surface area contributed by atoms with Crippen LogP contribution in [0.4, 0.5) is 5.69 Å². The van der Waals surface area contributed by atoms with Crippen molar-refractivity contribution in [3.63, 3.8) is 0 Å². The summed E-state index contributed by atoms with van der Waals surface area (Å²) in [7, 11) is -3.27. The Morgan fingerprint density at radius 1 is 1.37 bits per heavy atom. The molecule has 1 aliphatic rings. The number of anilines is 1. The van der Waals surface area contributed by atoms with E-state index in [1.807, 2.05) is 19.1 Å². The second kappa shape index (κ2) is 6.24. The summed E-state index contributed by atoms with van der Waals surface area (Å²) in [5.74, 6) is 0.465. The van der Waals surface area contributed by atoms with Gasteiger partial charge < -0.3 is 5.32 Å². The molecule has 1 saturated heterocycles. The van der Waals surface area contributed by atoms with E-state index in [1.54, 1.807) is 6.07 Å². The van der Waals surface area contributed by atoms with Gasteiger partial charge in [0.15, 0.2) is 0 Å². The molecule has 0 aromatic heterocycles. The molecule has 1 aromatic rings. The number of nitrogens with one attached hydrogen (secondary N) is 2. The first-order chi connectivity index (χ1) is 8.98. The number of hydrogen-bond donors (Lipinski definition) is 2. The number of hydrogen-bond acceptors (Lipinski definition) is 3. The van der Waals surface area contributed by atoms with Crippen LogP contribution < -0.4 is 10.0 Å². The van der Waals surface area contributed by atoms with Crippen LogP contribution >= 0.6 is 15.9 Å². The van der Waals surface area contributed by atoms with Crippen molar-refractivity contribution in [2.75, 3.05) is 23.6 Å². The third-order valence-electron chi connectivity index (χ3n) is 3.45. The van der Waals surface area contributed by atoms with E-state index < -0.39 is 10.0 Å². The molecule has 4 nitrogen and oxygen atoms in total. The van der Waals surface area contributed by atoms with Crippen LogP contribution in [0.5, 0.6) is 0 Å². The maximum Gasteiger partial charge on any atom is 0.233 e. The molecule has 0 unspecified atom stereocenters. The summed E-state index contributed by atoms with van der Waals surface area (Å²) in [4.78, 5) is 0. The smallest absolute Gasteiger partial charge is 0.233 e. The first kappa shape index (κ1) is 14.8. The standard InChI is InChI=1S/C13H19BrN2O2S/c1-10-12(14)3-2-4-13(10)16-19(17,18)9-11-5-7-15-8-6-11/h2-4,11,15-16H,5-9H2,1H3. The van der Waals surface area contributed by atoms with Crippen molar-refractivity contribution in [1.29, 1.82) is 0 Å². The van der Waals surface area contributed by atoms with Crippen LogP contribution in [0.25, 0.3) is 0 Å². The zero-order valence-corrected chi connectivity index (χ0v) is 13.4. The minimum absolute atomic E-state index is 0.209. The van der Waals surface area contributed by atoms with Gasteiger partial charge in [-0.05, 0) is 56.5 Å². The monoisotopic (exact) mass is 346 g/mol. The average molecular weight is 347 g/mol. The summed E-state index contributed by atoms with van der Waals surface area (Å²) in [6, 6.07) is 5.53. The highest BCUT2D eigenvalue weighted by atomic mass is 79.9. The summed E-state index contributed by atoms with van der Waals surface area (Å²) in [6.07, 6.45) is 1.86. The third kappa shape index (κ3) is 4.19. The normalized spacial score (nSPS) is 17.4. The third-order valence-corrected chi connectivity index (χ3v) is 5.75. The van der Waals surface area contributed by atoms with E-state index in [9.17, 15) is 8.42 Å². The minimum atomic E-state index is -3.27. The molecule has 0 amide bonds. The fraction of sp³-hybridized carbons (Fsp3) is 0.538. The van der Waals surface area contributed by atoms with Gasteiger partial charge in [-0.2, -0.15) is 0 Å². The van der Waals surface area contributed by atoms with E-state index >= 15 is 0 Å². The van der Waals surface area contributed by atoms with E-state index in [-0.39, 0.29) is 11.7 Å². The van der Waals surface area contributed by atoms with Crippen molar-refractivity contribution in [3.05, 3.63) is 28.2 Å². The second-order valence-corrected chi connectivity index (χ2v) is 7.61. The second-order valence-electron chi connectivity index (χ2n) is 4.99. The van der Waals surface area contributed by atoms with Gasteiger partial charge in [-0.25, -0.2) is 8.42 Å². The fourth-order valence-electron chi connectivity index (χ4n) is 2.29. The van der Waals surface area contributed by atoms with E-state index in [0.717, 1.165) is 36.0 Å². The van der Waals surface area contributed by atoms with Gasteiger partial charge in [0.25, 0.3) is 0 Å². The molecule has 1 aromatic carbocycles. The molecule has 0 saturated carbocycles. The Morgan fingerprint density at radius 2 is 2.05 bits per heavy atom. The van der Waals surface area contributed by atoms with E-state index in [4.69, 9.17) is 0 Å². The molecule has 0 radical (unpaired) electrons. The van der Waals surface area contributed by atoms with Crippen molar-refractivity contribution >= 4 is 31.6 Å². The van der Waals surface area contributed by atoms with Gasteiger partial charge >= 0.3 is 0 Å². The summed E-state index contributed by atoms with van der Waals surface area (Å²) in [5, 5.41) is 3.25. The summed E-state index contributed by atoms with van der Waals surface area (Å²) in [6.45, 7) is 3.72. The number of halogens is 1. The Kier molecular flexibility index (Phi) is 4.86. The van der Waals surface area contributed by atoms with Crippen LogP contribution in [0.15, 0.2) is 22.7 Å². The topological polar surface area (TPSA) is 58.2 Å². The Bertz CT molecular complexity index is 540. The lowest BCUT2D eigenvalue weighted by atomic mass is 10.0. The molecule has 0 spiro atoms. The van der Waals surface area contributed by atoms with Gasteiger partial charge in [0, 0.05) is 4.47 Å². The molecule has 0 bridgehead atoms. The van der Waals surface area contributed by atoms with Crippen LogP contribution in [0.1, 0.15) is 18.4 Å². The number of sulfonamides is 1. The summed E-state index contributed by atoms with van der Waals surface area (Å²) >= 11 is 3.41. The molecule has 1 aliphatic heterocycles. The highest BCUT2D eigenvalue weighted by Crippen LogP contribution is 2.25. The Hall–Kier alpha value is -0.590. The predicted molar refractivity (Wildman–Crippen MR) is 81.9 cm³/mol. The fourth-order valence-corrected chi connectivity index (χ4v) is 4.25. The maximum absolute atomic E-state index is 12.2. The zero-order chi connectivity index (χ0) is 13.9. The summed E-state index contributed by atoms with van der Waals surface area (Å²) < 4.78 is 28.0. The SMILES string of the molecule is Cc1c(Br)cccc1NS(=O)(=O)CC1CCNCC1. The predicted octanol–water partition coefficient (Wildman–Crippen LogP) is 2.50. The zero-order valence-electron chi connectivity index (χ0n) is 10.9. The Morgan fingerprint density at radius 3 is 2.74 bits per heavy atom. The van der Waals surface area contributed by atoms with E-state index in [2.05, 4.69) is 26.0 Å². The Labute approximate surface area is 123 Å². The maximum atomic E-state index is 12.2. The van der Waals surface area contributed by atoms with Crippen molar-refractivity contribution < 1.29 is 8.42 Å². The molecule has 0 aliphatic carbocycles. The lowest BCUT2D eigenvalue weighted by Crippen LogP contribution is -2.33. The number of piperidine rings is 1. The molecule has 1 heterocycles. The van der Waals surface area contributed by atoms with Gasteiger partial charge in [0.05, 0.1) is 11.4 Å². The number of rotatable bonds is 4. The van der Waals surface area contributed by atoms with Crippen molar-refractivity contribution in [1.82, 2.24) is 5.32 Å². The van der Waals surface area contributed by atoms with Crippen molar-refractivity contribution in [2.24, 2.45) is 5.92 Å². The van der Waals surface area contributed by atoms with E-state index in [1.165, 1.54) is 0 Å². The molecule has 6 heteroatoms. The van der Waals surface area contributed by atoms with Gasteiger partial charge in [0.2, 0.25) is 10.0 Å². The van der Waals surface area contributed by atoms with Gasteiger partial charge in [-0.1, -0.05) is 22.0 Å². The van der Waals surface area contributed by atoms with Crippen molar-refractivity contribution in [3.8, 4) is 0 Å². The van der Waals surface area contributed by atoms with Gasteiger partial charge in [-0.15, -0.1) is 0 Å².